The predicted octanol–water partition coefficient (Wildman–Crippen LogP) is 3.00. The first kappa shape index (κ1) is 20.1. The number of anilines is 1. The fourth-order valence-electron chi connectivity index (χ4n) is 4.71. The summed E-state index contributed by atoms with van der Waals surface area (Å²) >= 11 is 0. The number of hydrogen-bond donors (Lipinski definition) is 2. The van der Waals surface area contributed by atoms with E-state index in [1.54, 1.807) is 4.68 Å². The van der Waals surface area contributed by atoms with Crippen molar-refractivity contribution in [2.45, 2.75) is 69.9 Å². The molecule has 0 spiro atoms. The van der Waals surface area contributed by atoms with Crippen molar-refractivity contribution in [3.05, 3.63) is 17.8 Å². The fourth-order valence-corrected chi connectivity index (χ4v) is 4.71. The van der Waals surface area contributed by atoms with E-state index in [9.17, 15) is 4.79 Å². The quantitative estimate of drug-likeness (QED) is 0.828. The van der Waals surface area contributed by atoms with E-state index in [0.29, 0.717) is 11.7 Å². The zero-order valence-corrected chi connectivity index (χ0v) is 17.8. The summed E-state index contributed by atoms with van der Waals surface area (Å²) in [7, 11) is 4.03. The lowest BCUT2D eigenvalue weighted by Crippen LogP contribution is -2.42. The van der Waals surface area contributed by atoms with Crippen LogP contribution in [0.5, 0.6) is 0 Å². The molecule has 2 aliphatic rings. The van der Waals surface area contributed by atoms with Gasteiger partial charge in [-0.1, -0.05) is 32.1 Å². The Bertz CT molecular complexity index is 833. The van der Waals surface area contributed by atoms with Crippen molar-refractivity contribution < 1.29 is 4.79 Å². The van der Waals surface area contributed by atoms with Crippen molar-refractivity contribution in [1.82, 2.24) is 25.4 Å². The van der Waals surface area contributed by atoms with Gasteiger partial charge in [-0.15, -0.1) is 0 Å². The van der Waals surface area contributed by atoms with Gasteiger partial charge in [0.25, 0.3) is 5.91 Å². The van der Waals surface area contributed by atoms with Gasteiger partial charge in [0.1, 0.15) is 5.82 Å². The Kier molecular flexibility index (Phi) is 6.33. The smallest absolute Gasteiger partial charge is 0.272 e. The molecule has 1 aliphatic carbocycles. The largest absolute Gasteiger partial charge is 0.357 e. The highest BCUT2D eigenvalue weighted by Gasteiger charge is 2.23. The number of nitrogens with zero attached hydrogens (tertiary/aromatic N) is 4. The summed E-state index contributed by atoms with van der Waals surface area (Å²) in [5.41, 5.74) is 1.25. The minimum Gasteiger partial charge on any atom is -0.357 e. The van der Waals surface area contributed by atoms with Crippen LogP contribution in [-0.4, -0.2) is 52.9 Å². The van der Waals surface area contributed by atoms with E-state index in [2.05, 4.69) is 27.7 Å². The molecule has 4 rings (SSSR count). The Morgan fingerprint density at radius 1 is 1.10 bits per heavy atom. The summed E-state index contributed by atoms with van der Waals surface area (Å²) in [6.45, 7) is 1.90. The van der Waals surface area contributed by atoms with E-state index in [-0.39, 0.29) is 11.9 Å². The Labute approximate surface area is 173 Å². The third-order valence-electron chi connectivity index (χ3n) is 6.55. The zero-order chi connectivity index (χ0) is 20.2. The zero-order valence-electron chi connectivity index (χ0n) is 17.8. The summed E-state index contributed by atoms with van der Waals surface area (Å²) in [6, 6.07) is 4.82. The van der Waals surface area contributed by atoms with Gasteiger partial charge in [0.2, 0.25) is 0 Å². The van der Waals surface area contributed by atoms with Crippen LogP contribution in [0, 0.1) is 0 Å². The normalized spacial score (nSPS) is 19.7. The van der Waals surface area contributed by atoms with Gasteiger partial charge in [-0.25, -0.2) is 9.67 Å². The standard InChI is InChI=1S/C22H34N6O/c1-27(17-8-6-4-3-5-7-9-17)19-11-10-18-20(26-28(2)21(18)25-19)22(29)24-16-12-14-23-15-13-16/h10-11,16-17,23H,3-9,12-15H2,1-2H3,(H,24,29). The number of pyridine rings is 1. The molecule has 1 amide bonds. The molecular weight excluding hydrogens is 364 g/mol. The second-order valence-electron chi connectivity index (χ2n) is 8.62. The van der Waals surface area contributed by atoms with Crippen LogP contribution in [0.3, 0.4) is 0 Å². The van der Waals surface area contributed by atoms with Gasteiger partial charge in [0, 0.05) is 26.2 Å². The molecule has 1 aliphatic heterocycles. The monoisotopic (exact) mass is 398 g/mol. The van der Waals surface area contributed by atoms with Crippen LogP contribution in [0.15, 0.2) is 12.1 Å². The molecule has 0 bridgehead atoms. The van der Waals surface area contributed by atoms with Crippen molar-refractivity contribution in [1.29, 1.82) is 0 Å². The Balaban J connectivity index is 1.53. The Hall–Kier alpha value is -2.15. The molecule has 2 aromatic rings. The molecule has 2 N–H and O–H groups in total. The van der Waals surface area contributed by atoms with Gasteiger partial charge in [-0.2, -0.15) is 5.10 Å². The maximum Gasteiger partial charge on any atom is 0.272 e. The van der Waals surface area contributed by atoms with Crippen LogP contribution in [0.4, 0.5) is 5.82 Å². The van der Waals surface area contributed by atoms with Gasteiger partial charge in [0.05, 0.1) is 5.39 Å². The average Bonchev–Trinajstić information content (AvgIpc) is 3.04. The summed E-state index contributed by atoms with van der Waals surface area (Å²) in [6.07, 6.45) is 11.0. The number of carbonyl (C=O) groups is 1. The number of amides is 1. The van der Waals surface area contributed by atoms with Crippen molar-refractivity contribution >= 4 is 22.8 Å². The number of aromatic nitrogens is 3. The highest BCUT2D eigenvalue weighted by atomic mass is 16.2. The third kappa shape index (κ3) is 4.55. The van der Waals surface area contributed by atoms with Crippen molar-refractivity contribution in [3.63, 3.8) is 0 Å². The molecule has 0 unspecified atom stereocenters. The number of hydrogen-bond acceptors (Lipinski definition) is 5. The number of rotatable bonds is 4. The SMILES string of the molecule is CN(c1ccc2c(C(=O)NC3CCNCC3)nn(C)c2n1)C1CCCCCCC1. The van der Waals surface area contributed by atoms with Crippen LogP contribution in [0.1, 0.15) is 68.3 Å². The number of piperidine rings is 1. The molecule has 1 saturated carbocycles. The third-order valence-corrected chi connectivity index (χ3v) is 6.55. The Morgan fingerprint density at radius 3 is 2.52 bits per heavy atom. The van der Waals surface area contributed by atoms with E-state index in [4.69, 9.17) is 4.98 Å². The molecule has 0 radical (unpaired) electrons. The topological polar surface area (TPSA) is 75.1 Å². The number of fused-ring (bicyclic) bond motifs is 1. The fraction of sp³-hybridized carbons (Fsp3) is 0.682. The minimum atomic E-state index is -0.0922. The number of carbonyl (C=O) groups excluding carboxylic acids is 1. The first-order valence-electron chi connectivity index (χ1n) is 11.2. The second kappa shape index (κ2) is 9.11. The molecule has 158 valence electrons. The molecule has 1 saturated heterocycles. The van der Waals surface area contributed by atoms with E-state index in [1.807, 2.05) is 19.2 Å². The van der Waals surface area contributed by atoms with Crippen molar-refractivity contribution in [2.24, 2.45) is 7.05 Å². The molecular formula is C22H34N6O. The first-order valence-corrected chi connectivity index (χ1v) is 11.2. The number of nitrogens with one attached hydrogen (secondary N) is 2. The van der Waals surface area contributed by atoms with Crippen LogP contribution >= 0.6 is 0 Å². The van der Waals surface area contributed by atoms with E-state index in [0.717, 1.165) is 42.8 Å². The van der Waals surface area contributed by atoms with Gasteiger partial charge >= 0.3 is 0 Å². The summed E-state index contributed by atoms with van der Waals surface area (Å²) in [5, 5.41) is 11.8. The van der Waals surface area contributed by atoms with Crippen LogP contribution < -0.4 is 15.5 Å². The van der Waals surface area contributed by atoms with E-state index in [1.165, 1.54) is 44.9 Å². The maximum atomic E-state index is 12.8. The molecule has 0 atom stereocenters. The highest BCUT2D eigenvalue weighted by molar-refractivity contribution is 6.04. The summed E-state index contributed by atoms with van der Waals surface area (Å²) < 4.78 is 1.74. The Morgan fingerprint density at radius 2 is 1.79 bits per heavy atom. The molecule has 2 fully saturated rings. The highest BCUT2D eigenvalue weighted by Crippen LogP contribution is 2.26. The van der Waals surface area contributed by atoms with Gasteiger partial charge in [-0.3, -0.25) is 4.79 Å². The van der Waals surface area contributed by atoms with Crippen molar-refractivity contribution in [3.8, 4) is 0 Å². The molecule has 7 heteroatoms. The van der Waals surface area contributed by atoms with E-state index >= 15 is 0 Å². The van der Waals surface area contributed by atoms with Crippen LogP contribution in [-0.2, 0) is 7.05 Å². The second-order valence-corrected chi connectivity index (χ2v) is 8.62. The van der Waals surface area contributed by atoms with Crippen LogP contribution in [0.25, 0.3) is 11.0 Å². The summed E-state index contributed by atoms with van der Waals surface area (Å²) in [4.78, 5) is 20.0. The predicted molar refractivity (Wildman–Crippen MR) is 116 cm³/mol. The molecule has 29 heavy (non-hydrogen) atoms. The van der Waals surface area contributed by atoms with Crippen LogP contribution in [0.2, 0.25) is 0 Å². The molecule has 7 nitrogen and oxygen atoms in total. The lowest BCUT2D eigenvalue weighted by molar-refractivity contribution is 0.0925. The number of aryl methyl sites for hydroxylation is 1. The maximum absolute atomic E-state index is 12.8. The molecule has 2 aromatic heterocycles. The van der Waals surface area contributed by atoms with Gasteiger partial charge in [0.15, 0.2) is 11.3 Å². The van der Waals surface area contributed by atoms with Gasteiger partial charge < -0.3 is 15.5 Å². The molecule has 0 aromatic carbocycles. The minimum absolute atomic E-state index is 0.0922. The lowest BCUT2D eigenvalue weighted by Gasteiger charge is -2.30. The lowest BCUT2D eigenvalue weighted by atomic mass is 9.96. The molecule has 3 heterocycles. The van der Waals surface area contributed by atoms with Crippen molar-refractivity contribution in [2.75, 3.05) is 25.0 Å². The first-order chi connectivity index (χ1) is 14.1. The van der Waals surface area contributed by atoms with Gasteiger partial charge in [-0.05, 0) is 50.9 Å². The average molecular weight is 399 g/mol. The summed E-state index contributed by atoms with van der Waals surface area (Å²) in [5.74, 6) is 0.877. The van der Waals surface area contributed by atoms with E-state index < -0.39 is 0 Å².